The lowest BCUT2D eigenvalue weighted by molar-refractivity contribution is 0.789. The van der Waals surface area contributed by atoms with Crippen molar-refractivity contribution in [1.29, 1.82) is 0 Å². The van der Waals surface area contributed by atoms with Gasteiger partial charge in [-0.3, -0.25) is 9.97 Å². The minimum absolute atomic E-state index is 0.678. The van der Waals surface area contributed by atoms with Crippen molar-refractivity contribution >= 4 is 17.3 Å². The maximum Gasteiger partial charge on any atom is 0.158 e. The third-order valence-electron chi connectivity index (χ3n) is 5.25. The van der Waals surface area contributed by atoms with Gasteiger partial charge in [0.2, 0.25) is 0 Å². The van der Waals surface area contributed by atoms with Crippen LogP contribution in [0.3, 0.4) is 0 Å². The summed E-state index contributed by atoms with van der Waals surface area (Å²) in [7, 11) is 2.10. The van der Waals surface area contributed by atoms with E-state index in [1.165, 1.54) is 0 Å². The van der Waals surface area contributed by atoms with Gasteiger partial charge in [0.25, 0.3) is 0 Å². The number of anilines is 3. The standard InChI is InChI=1S/C23H27N7/c1-5-19-14-26-22(15-25-19)27-17(3)30-12-6-11-29(4)21-8-7-20(28-23(21)30)18-9-10-24-16(2)13-18/h7-10,13-15H,3,5-6,11-12H2,1-2,4H3,(H,26,27). The van der Waals surface area contributed by atoms with E-state index in [4.69, 9.17) is 4.98 Å². The molecule has 0 aliphatic carbocycles. The van der Waals surface area contributed by atoms with Gasteiger partial charge in [-0.25, -0.2) is 9.97 Å². The molecule has 0 radical (unpaired) electrons. The first-order valence-electron chi connectivity index (χ1n) is 10.2. The molecule has 0 saturated heterocycles. The Morgan fingerprint density at radius 3 is 2.73 bits per heavy atom. The van der Waals surface area contributed by atoms with Crippen LogP contribution in [0.2, 0.25) is 0 Å². The number of hydrogen-bond donors (Lipinski definition) is 1. The van der Waals surface area contributed by atoms with E-state index >= 15 is 0 Å². The van der Waals surface area contributed by atoms with Gasteiger partial charge < -0.3 is 15.1 Å². The quantitative estimate of drug-likeness (QED) is 0.692. The Hall–Kier alpha value is -3.48. The number of pyridine rings is 2. The Balaban J connectivity index is 1.68. The normalized spacial score (nSPS) is 13.6. The lowest BCUT2D eigenvalue weighted by atomic mass is 10.1. The zero-order valence-electron chi connectivity index (χ0n) is 17.8. The van der Waals surface area contributed by atoms with Crippen LogP contribution in [0.25, 0.3) is 11.3 Å². The van der Waals surface area contributed by atoms with Gasteiger partial charge in [0.1, 0.15) is 11.6 Å². The van der Waals surface area contributed by atoms with Gasteiger partial charge >= 0.3 is 0 Å². The number of aryl methyl sites for hydroxylation is 2. The smallest absolute Gasteiger partial charge is 0.158 e. The second-order valence-electron chi connectivity index (χ2n) is 7.47. The molecule has 1 N–H and O–H groups in total. The molecule has 0 unspecified atom stereocenters. The van der Waals surface area contributed by atoms with Gasteiger partial charge in [-0.1, -0.05) is 13.5 Å². The van der Waals surface area contributed by atoms with E-state index in [1.807, 2.05) is 19.2 Å². The summed E-state index contributed by atoms with van der Waals surface area (Å²) in [6, 6.07) is 8.25. The van der Waals surface area contributed by atoms with Crippen molar-refractivity contribution in [2.45, 2.75) is 26.7 Å². The van der Waals surface area contributed by atoms with E-state index < -0.39 is 0 Å². The van der Waals surface area contributed by atoms with Crippen LogP contribution in [0.15, 0.2) is 55.3 Å². The molecule has 0 aromatic carbocycles. The van der Waals surface area contributed by atoms with Gasteiger partial charge in [0, 0.05) is 37.6 Å². The molecule has 0 bridgehead atoms. The Labute approximate surface area is 177 Å². The molecule has 0 fully saturated rings. The van der Waals surface area contributed by atoms with Crippen LogP contribution in [-0.2, 0) is 6.42 Å². The summed E-state index contributed by atoms with van der Waals surface area (Å²) in [6.45, 7) is 10.1. The molecular formula is C23H27N7. The molecular weight excluding hydrogens is 374 g/mol. The number of aromatic nitrogens is 4. The fourth-order valence-electron chi connectivity index (χ4n) is 3.58. The van der Waals surface area contributed by atoms with Gasteiger partial charge in [-0.15, -0.1) is 0 Å². The molecule has 3 aromatic heterocycles. The summed E-state index contributed by atoms with van der Waals surface area (Å²) in [5.41, 5.74) is 4.99. The van der Waals surface area contributed by atoms with E-state index in [9.17, 15) is 0 Å². The Morgan fingerprint density at radius 2 is 2.00 bits per heavy atom. The van der Waals surface area contributed by atoms with E-state index in [0.717, 1.165) is 65.9 Å². The molecule has 0 spiro atoms. The summed E-state index contributed by atoms with van der Waals surface area (Å²) < 4.78 is 0. The SMILES string of the molecule is C=C(Nc1cnc(CC)cn1)N1CCCN(C)c2ccc(-c3ccnc(C)c3)nc21. The van der Waals surface area contributed by atoms with Crippen molar-refractivity contribution in [2.75, 3.05) is 35.3 Å². The van der Waals surface area contributed by atoms with Gasteiger partial charge in [0.15, 0.2) is 5.82 Å². The zero-order chi connectivity index (χ0) is 21.1. The maximum absolute atomic E-state index is 5.03. The summed E-state index contributed by atoms with van der Waals surface area (Å²) in [5, 5.41) is 3.30. The predicted octanol–water partition coefficient (Wildman–Crippen LogP) is 4.03. The highest BCUT2D eigenvalue weighted by atomic mass is 15.3. The van der Waals surface area contributed by atoms with E-state index in [0.29, 0.717) is 5.82 Å². The molecule has 1 aliphatic rings. The van der Waals surface area contributed by atoms with Crippen LogP contribution in [0, 0.1) is 6.92 Å². The minimum Gasteiger partial charge on any atom is -0.372 e. The van der Waals surface area contributed by atoms with Crippen LogP contribution < -0.4 is 15.1 Å². The Kier molecular flexibility index (Phi) is 5.61. The van der Waals surface area contributed by atoms with E-state index in [1.54, 1.807) is 12.4 Å². The summed E-state index contributed by atoms with van der Waals surface area (Å²) in [5.74, 6) is 2.30. The predicted molar refractivity (Wildman–Crippen MR) is 122 cm³/mol. The van der Waals surface area contributed by atoms with Gasteiger partial charge in [-0.05, 0) is 44.0 Å². The Bertz CT molecular complexity index is 1050. The number of rotatable bonds is 5. The summed E-state index contributed by atoms with van der Waals surface area (Å²) in [4.78, 5) is 22.6. The molecule has 4 rings (SSSR count). The van der Waals surface area contributed by atoms with Gasteiger partial charge in [-0.2, -0.15) is 0 Å². The highest BCUT2D eigenvalue weighted by molar-refractivity contribution is 5.75. The monoisotopic (exact) mass is 401 g/mol. The third-order valence-corrected chi connectivity index (χ3v) is 5.25. The maximum atomic E-state index is 5.03. The van der Waals surface area contributed by atoms with Crippen LogP contribution in [0.5, 0.6) is 0 Å². The first-order chi connectivity index (χ1) is 14.5. The molecule has 0 saturated carbocycles. The highest BCUT2D eigenvalue weighted by Gasteiger charge is 2.23. The van der Waals surface area contributed by atoms with Crippen molar-refractivity contribution in [1.82, 2.24) is 19.9 Å². The number of nitrogens with one attached hydrogen (secondary N) is 1. The zero-order valence-corrected chi connectivity index (χ0v) is 17.8. The third kappa shape index (κ3) is 4.10. The molecule has 3 aromatic rings. The first-order valence-corrected chi connectivity index (χ1v) is 10.2. The van der Waals surface area contributed by atoms with Crippen molar-refractivity contribution in [2.24, 2.45) is 0 Å². The highest BCUT2D eigenvalue weighted by Crippen LogP contribution is 2.34. The molecule has 7 nitrogen and oxygen atoms in total. The fraction of sp³-hybridized carbons (Fsp3) is 0.304. The second-order valence-corrected chi connectivity index (χ2v) is 7.47. The number of nitrogens with zero attached hydrogens (tertiary/aromatic N) is 6. The molecule has 1 aliphatic heterocycles. The van der Waals surface area contributed by atoms with Gasteiger partial charge in [0.05, 0.1) is 29.5 Å². The molecule has 154 valence electrons. The van der Waals surface area contributed by atoms with Crippen molar-refractivity contribution in [3.05, 3.63) is 66.6 Å². The van der Waals surface area contributed by atoms with Crippen molar-refractivity contribution in [3.63, 3.8) is 0 Å². The topological polar surface area (TPSA) is 70.1 Å². The number of fused-ring (bicyclic) bond motifs is 1. The van der Waals surface area contributed by atoms with Crippen molar-refractivity contribution < 1.29 is 0 Å². The van der Waals surface area contributed by atoms with E-state index in [2.05, 4.69) is 68.8 Å². The molecule has 4 heterocycles. The van der Waals surface area contributed by atoms with Crippen LogP contribution in [0.1, 0.15) is 24.7 Å². The summed E-state index contributed by atoms with van der Waals surface area (Å²) >= 11 is 0. The molecule has 0 amide bonds. The minimum atomic E-state index is 0.678. The molecule has 0 atom stereocenters. The molecule has 30 heavy (non-hydrogen) atoms. The number of hydrogen-bond acceptors (Lipinski definition) is 7. The summed E-state index contributed by atoms with van der Waals surface area (Å²) in [6.07, 6.45) is 7.22. The molecule has 7 heteroatoms. The van der Waals surface area contributed by atoms with E-state index in [-0.39, 0.29) is 0 Å². The lowest BCUT2D eigenvalue weighted by Crippen LogP contribution is -2.28. The van der Waals surface area contributed by atoms with Crippen LogP contribution >= 0.6 is 0 Å². The van der Waals surface area contributed by atoms with Crippen molar-refractivity contribution in [3.8, 4) is 11.3 Å². The van der Waals surface area contributed by atoms with Crippen LogP contribution in [-0.4, -0.2) is 40.1 Å². The van der Waals surface area contributed by atoms with Crippen LogP contribution in [0.4, 0.5) is 17.3 Å². The fourth-order valence-corrected chi connectivity index (χ4v) is 3.58. The lowest BCUT2D eigenvalue weighted by Gasteiger charge is -2.27. The second kappa shape index (κ2) is 8.49. The Morgan fingerprint density at radius 1 is 1.13 bits per heavy atom. The largest absolute Gasteiger partial charge is 0.372 e. The average Bonchev–Trinajstić information content (AvgIpc) is 2.93. The first kappa shape index (κ1) is 19.8. The average molecular weight is 402 g/mol.